The highest BCUT2D eigenvalue weighted by atomic mass is 19.4. The van der Waals surface area contributed by atoms with Crippen molar-refractivity contribution in [1.82, 2.24) is 5.32 Å². The molecule has 2 rings (SSSR count). The van der Waals surface area contributed by atoms with Crippen molar-refractivity contribution in [3.05, 3.63) is 53.3 Å². The van der Waals surface area contributed by atoms with Crippen LogP contribution in [0, 0.1) is 5.82 Å². The fraction of sp³-hybridized carbons (Fsp3) is 0.278. The van der Waals surface area contributed by atoms with Crippen molar-refractivity contribution >= 4 is 11.7 Å². The van der Waals surface area contributed by atoms with E-state index in [2.05, 4.69) is 10.6 Å². The van der Waals surface area contributed by atoms with Crippen molar-refractivity contribution in [2.45, 2.75) is 12.6 Å². The summed E-state index contributed by atoms with van der Waals surface area (Å²) in [4.78, 5) is 11.9. The Morgan fingerprint density at radius 3 is 2.41 bits per heavy atom. The Morgan fingerprint density at radius 2 is 1.78 bits per heavy atom. The number of urea groups is 1. The lowest BCUT2D eigenvalue weighted by Crippen LogP contribution is -2.31. The van der Waals surface area contributed by atoms with Crippen LogP contribution in [0.1, 0.15) is 11.1 Å². The molecule has 0 spiro atoms. The molecular formula is C18H18F4N2O3. The van der Waals surface area contributed by atoms with Gasteiger partial charge in [0.05, 0.1) is 25.5 Å². The first kappa shape index (κ1) is 20.3. The van der Waals surface area contributed by atoms with Crippen LogP contribution in [0.4, 0.5) is 28.0 Å². The van der Waals surface area contributed by atoms with Gasteiger partial charge in [0.1, 0.15) is 0 Å². The van der Waals surface area contributed by atoms with Crippen molar-refractivity contribution in [3.8, 4) is 11.5 Å². The van der Waals surface area contributed by atoms with Gasteiger partial charge in [-0.05, 0) is 30.2 Å². The molecule has 2 aromatic carbocycles. The van der Waals surface area contributed by atoms with Crippen LogP contribution in [-0.4, -0.2) is 26.8 Å². The summed E-state index contributed by atoms with van der Waals surface area (Å²) >= 11 is 0. The molecule has 0 radical (unpaired) electrons. The molecule has 2 amide bonds. The van der Waals surface area contributed by atoms with Crippen LogP contribution in [0.25, 0.3) is 0 Å². The minimum Gasteiger partial charge on any atom is -0.493 e. The number of halogens is 4. The highest BCUT2D eigenvalue weighted by Gasteiger charge is 2.35. The number of benzene rings is 2. The SMILES string of the molecule is COc1cccc(CCNC(=O)Nc2cccc(C(F)(F)F)c2F)c1OC. The van der Waals surface area contributed by atoms with Gasteiger partial charge in [-0.1, -0.05) is 18.2 Å². The van der Waals surface area contributed by atoms with E-state index in [1.165, 1.54) is 14.2 Å². The second kappa shape index (κ2) is 8.61. The number of ether oxygens (including phenoxy) is 2. The first-order chi connectivity index (χ1) is 12.8. The summed E-state index contributed by atoms with van der Waals surface area (Å²) in [6, 6.07) is 7.11. The minimum absolute atomic E-state index is 0.149. The number of alkyl halides is 3. The maximum absolute atomic E-state index is 13.9. The molecule has 2 aromatic rings. The average molecular weight is 386 g/mol. The third-order valence-corrected chi connectivity index (χ3v) is 3.72. The number of nitrogens with one attached hydrogen (secondary N) is 2. The predicted octanol–water partition coefficient (Wildman–Crippen LogP) is 4.23. The van der Waals surface area contributed by atoms with Crippen LogP contribution in [0.15, 0.2) is 36.4 Å². The molecule has 27 heavy (non-hydrogen) atoms. The van der Waals surface area contributed by atoms with Gasteiger partial charge in [0.2, 0.25) is 0 Å². The summed E-state index contributed by atoms with van der Waals surface area (Å²) in [6.07, 6.45) is -4.47. The maximum atomic E-state index is 13.9. The Kier molecular flexibility index (Phi) is 6.49. The Labute approximate surface area is 153 Å². The highest BCUT2D eigenvalue weighted by molar-refractivity contribution is 5.89. The second-order valence-corrected chi connectivity index (χ2v) is 5.45. The lowest BCUT2D eigenvalue weighted by molar-refractivity contribution is -0.139. The fourth-order valence-corrected chi connectivity index (χ4v) is 2.48. The number of carbonyl (C=O) groups excluding carboxylic acids is 1. The van der Waals surface area contributed by atoms with E-state index < -0.39 is 29.3 Å². The van der Waals surface area contributed by atoms with Crippen LogP contribution in [-0.2, 0) is 12.6 Å². The van der Waals surface area contributed by atoms with Gasteiger partial charge >= 0.3 is 12.2 Å². The van der Waals surface area contributed by atoms with E-state index in [9.17, 15) is 22.4 Å². The van der Waals surface area contributed by atoms with Gasteiger partial charge < -0.3 is 20.1 Å². The highest BCUT2D eigenvalue weighted by Crippen LogP contribution is 2.34. The molecule has 0 unspecified atom stereocenters. The Hall–Kier alpha value is -2.97. The molecule has 0 aliphatic heterocycles. The first-order valence-corrected chi connectivity index (χ1v) is 7.88. The van der Waals surface area contributed by atoms with E-state index in [1.807, 2.05) is 0 Å². The van der Waals surface area contributed by atoms with Gasteiger partial charge in [-0.2, -0.15) is 13.2 Å². The molecule has 0 fully saturated rings. The third-order valence-electron chi connectivity index (χ3n) is 3.72. The van der Waals surface area contributed by atoms with Crippen LogP contribution < -0.4 is 20.1 Å². The zero-order valence-electron chi connectivity index (χ0n) is 14.6. The van der Waals surface area contributed by atoms with E-state index in [-0.39, 0.29) is 6.54 Å². The number of rotatable bonds is 6. The number of para-hydroxylation sites is 1. The minimum atomic E-state index is -4.85. The molecule has 2 N–H and O–H groups in total. The van der Waals surface area contributed by atoms with Gasteiger partial charge in [0.25, 0.3) is 0 Å². The standard InChI is InChI=1S/C18H18F4N2O3/c1-26-14-8-3-5-11(16(14)27-2)9-10-23-17(25)24-13-7-4-6-12(15(13)19)18(20,21)22/h3-8H,9-10H2,1-2H3,(H2,23,24,25). The zero-order valence-corrected chi connectivity index (χ0v) is 14.6. The number of carbonyl (C=O) groups is 1. The van der Waals surface area contributed by atoms with Gasteiger partial charge in [-0.25, -0.2) is 9.18 Å². The summed E-state index contributed by atoms with van der Waals surface area (Å²) in [5.74, 6) is -0.480. The molecule has 0 aliphatic rings. The van der Waals surface area contributed by atoms with E-state index in [4.69, 9.17) is 9.47 Å². The molecule has 5 nitrogen and oxygen atoms in total. The summed E-state index contributed by atoms with van der Waals surface area (Å²) in [6.45, 7) is 0.149. The van der Waals surface area contributed by atoms with E-state index in [0.29, 0.717) is 24.0 Å². The van der Waals surface area contributed by atoms with E-state index in [0.717, 1.165) is 17.7 Å². The van der Waals surface area contributed by atoms with Crippen molar-refractivity contribution < 1.29 is 31.8 Å². The summed E-state index contributed by atoms with van der Waals surface area (Å²) in [5, 5.41) is 4.54. The molecule has 0 atom stereocenters. The number of hydrogen-bond acceptors (Lipinski definition) is 3. The molecular weight excluding hydrogens is 368 g/mol. The Bertz CT molecular complexity index is 810. The van der Waals surface area contributed by atoms with Crippen LogP contribution >= 0.6 is 0 Å². The number of hydrogen-bond donors (Lipinski definition) is 2. The van der Waals surface area contributed by atoms with Crippen LogP contribution in [0.3, 0.4) is 0 Å². The molecule has 9 heteroatoms. The lowest BCUT2D eigenvalue weighted by Gasteiger charge is -2.14. The predicted molar refractivity (Wildman–Crippen MR) is 91.7 cm³/mol. The molecule has 0 aliphatic carbocycles. The number of anilines is 1. The first-order valence-electron chi connectivity index (χ1n) is 7.88. The maximum Gasteiger partial charge on any atom is 0.419 e. The smallest absolute Gasteiger partial charge is 0.419 e. The third kappa shape index (κ3) is 5.02. The number of amides is 2. The molecule has 0 saturated heterocycles. The van der Waals surface area contributed by atoms with Gasteiger partial charge in [0, 0.05) is 6.54 Å². The summed E-state index contributed by atoms with van der Waals surface area (Å²) in [5.41, 5.74) is -1.23. The Morgan fingerprint density at radius 1 is 1.07 bits per heavy atom. The van der Waals surface area contributed by atoms with Gasteiger partial charge in [-0.15, -0.1) is 0 Å². The summed E-state index contributed by atoms with van der Waals surface area (Å²) in [7, 11) is 2.98. The molecule has 0 heterocycles. The van der Waals surface area contributed by atoms with Gasteiger partial charge in [0.15, 0.2) is 17.3 Å². The van der Waals surface area contributed by atoms with Crippen LogP contribution in [0.2, 0.25) is 0 Å². The van der Waals surface area contributed by atoms with E-state index >= 15 is 0 Å². The molecule has 146 valence electrons. The summed E-state index contributed by atoms with van der Waals surface area (Å²) < 4.78 is 62.5. The van der Waals surface area contributed by atoms with Gasteiger partial charge in [-0.3, -0.25) is 0 Å². The quantitative estimate of drug-likeness (QED) is 0.731. The molecule has 0 saturated carbocycles. The second-order valence-electron chi connectivity index (χ2n) is 5.45. The normalized spacial score (nSPS) is 11.0. The largest absolute Gasteiger partial charge is 0.493 e. The fourth-order valence-electron chi connectivity index (χ4n) is 2.48. The lowest BCUT2D eigenvalue weighted by atomic mass is 10.1. The van der Waals surface area contributed by atoms with E-state index in [1.54, 1.807) is 18.2 Å². The van der Waals surface area contributed by atoms with Crippen molar-refractivity contribution in [3.63, 3.8) is 0 Å². The van der Waals surface area contributed by atoms with Crippen molar-refractivity contribution in [2.24, 2.45) is 0 Å². The Balaban J connectivity index is 1.99. The monoisotopic (exact) mass is 386 g/mol. The average Bonchev–Trinajstić information content (AvgIpc) is 2.62. The van der Waals surface area contributed by atoms with Crippen LogP contribution in [0.5, 0.6) is 11.5 Å². The number of methoxy groups -OCH3 is 2. The van der Waals surface area contributed by atoms with Crippen molar-refractivity contribution in [2.75, 3.05) is 26.1 Å². The zero-order chi connectivity index (χ0) is 20.0. The molecule has 0 aromatic heterocycles. The topological polar surface area (TPSA) is 59.6 Å². The molecule has 0 bridgehead atoms. The van der Waals surface area contributed by atoms with Crippen molar-refractivity contribution in [1.29, 1.82) is 0 Å².